The SMILES string of the molecule is CCCCCCCCCCCC(Cc1ccccc1)C(N)CCNC(=O)OCCOC(=O)C(C)C. The first-order chi connectivity index (χ1) is 16.9. The van der Waals surface area contributed by atoms with Crippen LogP contribution in [0, 0.1) is 11.8 Å². The van der Waals surface area contributed by atoms with Gasteiger partial charge in [-0.2, -0.15) is 0 Å². The molecule has 0 saturated carbocycles. The molecule has 0 spiro atoms. The number of unbranched alkanes of at least 4 members (excludes halogenated alkanes) is 8. The van der Waals surface area contributed by atoms with Gasteiger partial charge in [-0.25, -0.2) is 4.79 Å². The first kappa shape index (κ1) is 31.0. The van der Waals surface area contributed by atoms with Gasteiger partial charge < -0.3 is 20.5 Å². The molecule has 0 fully saturated rings. The number of nitrogens with two attached hydrogens (primary N) is 1. The maximum absolute atomic E-state index is 11.9. The number of benzene rings is 1. The van der Waals surface area contributed by atoms with Crippen molar-refractivity contribution in [3.63, 3.8) is 0 Å². The van der Waals surface area contributed by atoms with E-state index in [-0.39, 0.29) is 31.1 Å². The number of hydrogen-bond donors (Lipinski definition) is 2. The Morgan fingerprint density at radius 1 is 0.857 bits per heavy atom. The Labute approximate surface area is 213 Å². The van der Waals surface area contributed by atoms with Gasteiger partial charge in [-0.3, -0.25) is 4.79 Å². The lowest BCUT2D eigenvalue weighted by Gasteiger charge is -2.24. The third-order valence-corrected chi connectivity index (χ3v) is 6.40. The second kappa shape index (κ2) is 20.1. The van der Waals surface area contributed by atoms with Crippen molar-refractivity contribution in [1.82, 2.24) is 5.32 Å². The minimum absolute atomic E-state index is 0.0107. The molecule has 0 aromatic heterocycles. The van der Waals surface area contributed by atoms with Crippen LogP contribution in [0.15, 0.2) is 30.3 Å². The van der Waals surface area contributed by atoms with Gasteiger partial charge in [0.05, 0.1) is 5.92 Å². The molecule has 2 atom stereocenters. The first-order valence-electron chi connectivity index (χ1n) is 13.8. The van der Waals surface area contributed by atoms with Crippen molar-refractivity contribution in [1.29, 1.82) is 0 Å². The molecule has 6 nitrogen and oxygen atoms in total. The lowest BCUT2D eigenvalue weighted by atomic mass is 9.86. The van der Waals surface area contributed by atoms with E-state index < -0.39 is 6.09 Å². The molecule has 1 amide bonds. The summed E-state index contributed by atoms with van der Waals surface area (Å²) in [6, 6.07) is 10.5. The van der Waals surface area contributed by atoms with Gasteiger partial charge in [0, 0.05) is 12.6 Å². The van der Waals surface area contributed by atoms with E-state index in [1.807, 2.05) is 6.07 Å². The Kier molecular flexibility index (Phi) is 17.8. The third kappa shape index (κ3) is 16.3. The zero-order valence-electron chi connectivity index (χ0n) is 22.4. The van der Waals surface area contributed by atoms with E-state index in [0.717, 1.165) is 12.8 Å². The van der Waals surface area contributed by atoms with Crippen LogP contribution in [0.4, 0.5) is 4.79 Å². The molecule has 3 N–H and O–H groups in total. The molecule has 1 rings (SSSR count). The van der Waals surface area contributed by atoms with E-state index in [2.05, 4.69) is 36.5 Å². The third-order valence-electron chi connectivity index (χ3n) is 6.40. The zero-order valence-corrected chi connectivity index (χ0v) is 22.4. The number of rotatable bonds is 20. The van der Waals surface area contributed by atoms with Gasteiger partial charge in [-0.15, -0.1) is 0 Å². The summed E-state index contributed by atoms with van der Waals surface area (Å²) in [5.74, 6) is -0.101. The molecular weight excluding hydrogens is 440 g/mol. The fraction of sp³-hybridized carbons (Fsp3) is 0.724. The van der Waals surface area contributed by atoms with Crippen molar-refractivity contribution in [2.75, 3.05) is 19.8 Å². The second-order valence-electron chi connectivity index (χ2n) is 9.90. The van der Waals surface area contributed by atoms with Crippen LogP contribution in [0.1, 0.15) is 97.0 Å². The number of carbonyl (C=O) groups excluding carboxylic acids is 2. The second-order valence-corrected chi connectivity index (χ2v) is 9.90. The Morgan fingerprint density at radius 3 is 2.09 bits per heavy atom. The molecule has 0 aliphatic carbocycles. The molecule has 200 valence electrons. The number of esters is 1. The van der Waals surface area contributed by atoms with Crippen molar-refractivity contribution in [2.45, 2.75) is 104 Å². The largest absolute Gasteiger partial charge is 0.462 e. The highest BCUT2D eigenvalue weighted by atomic mass is 16.6. The summed E-state index contributed by atoms with van der Waals surface area (Å²) in [4.78, 5) is 23.3. The number of amides is 1. The number of nitrogens with one attached hydrogen (secondary N) is 1. The maximum Gasteiger partial charge on any atom is 0.407 e. The molecule has 0 aliphatic rings. The highest BCUT2D eigenvalue weighted by Gasteiger charge is 2.18. The lowest BCUT2D eigenvalue weighted by molar-refractivity contribution is -0.148. The van der Waals surface area contributed by atoms with E-state index in [9.17, 15) is 9.59 Å². The van der Waals surface area contributed by atoms with E-state index in [1.54, 1.807) is 13.8 Å². The van der Waals surface area contributed by atoms with Crippen LogP contribution in [0.25, 0.3) is 0 Å². The van der Waals surface area contributed by atoms with Crippen molar-refractivity contribution >= 4 is 12.1 Å². The van der Waals surface area contributed by atoms with Crippen LogP contribution in [0.5, 0.6) is 0 Å². The normalized spacial score (nSPS) is 12.8. The molecule has 0 heterocycles. The maximum atomic E-state index is 11.9. The van der Waals surface area contributed by atoms with Crippen LogP contribution in [0.3, 0.4) is 0 Å². The van der Waals surface area contributed by atoms with Gasteiger partial charge in [0.15, 0.2) is 0 Å². The minimum Gasteiger partial charge on any atom is -0.462 e. The van der Waals surface area contributed by atoms with Gasteiger partial charge in [-0.1, -0.05) is 109 Å². The van der Waals surface area contributed by atoms with Crippen LogP contribution in [-0.2, 0) is 20.7 Å². The Hall–Kier alpha value is -2.08. The summed E-state index contributed by atoms with van der Waals surface area (Å²) >= 11 is 0. The summed E-state index contributed by atoms with van der Waals surface area (Å²) in [7, 11) is 0. The number of alkyl carbamates (subject to hydrolysis) is 1. The minimum atomic E-state index is -0.503. The summed E-state index contributed by atoms with van der Waals surface area (Å²) in [6.45, 7) is 6.37. The van der Waals surface area contributed by atoms with Gasteiger partial charge in [0.25, 0.3) is 0 Å². The van der Waals surface area contributed by atoms with E-state index >= 15 is 0 Å². The average Bonchev–Trinajstić information content (AvgIpc) is 2.85. The summed E-state index contributed by atoms with van der Waals surface area (Å²) in [5.41, 5.74) is 7.91. The molecule has 1 aromatic carbocycles. The quantitative estimate of drug-likeness (QED) is 0.163. The zero-order chi connectivity index (χ0) is 25.7. The summed E-state index contributed by atoms with van der Waals surface area (Å²) < 4.78 is 10.1. The van der Waals surface area contributed by atoms with Gasteiger partial charge in [0.1, 0.15) is 13.2 Å². The van der Waals surface area contributed by atoms with E-state index in [0.29, 0.717) is 18.9 Å². The van der Waals surface area contributed by atoms with Crippen LogP contribution >= 0.6 is 0 Å². The molecule has 0 aliphatic heterocycles. The summed E-state index contributed by atoms with van der Waals surface area (Å²) in [5, 5.41) is 2.77. The van der Waals surface area contributed by atoms with Crippen molar-refractivity contribution < 1.29 is 19.1 Å². The highest BCUT2D eigenvalue weighted by molar-refractivity contribution is 5.71. The molecular formula is C29H50N2O4. The predicted octanol–water partition coefficient (Wildman–Crippen LogP) is 6.41. The highest BCUT2D eigenvalue weighted by Crippen LogP contribution is 2.21. The topological polar surface area (TPSA) is 90.7 Å². The fourth-order valence-electron chi connectivity index (χ4n) is 4.17. The van der Waals surface area contributed by atoms with E-state index in [1.165, 1.54) is 63.4 Å². The first-order valence-corrected chi connectivity index (χ1v) is 13.8. The Bertz CT molecular complexity index is 666. The number of hydrogen-bond acceptors (Lipinski definition) is 5. The molecule has 0 radical (unpaired) electrons. The van der Waals surface area contributed by atoms with Crippen LogP contribution in [0.2, 0.25) is 0 Å². The summed E-state index contributed by atoms with van der Waals surface area (Å²) in [6.07, 6.45) is 14.1. The fourth-order valence-corrected chi connectivity index (χ4v) is 4.17. The van der Waals surface area contributed by atoms with Crippen molar-refractivity contribution in [3.8, 4) is 0 Å². The standard InChI is InChI=1S/C29H50N2O4/c1-4-5-6-7-8-9-10-11-15-18-26(23-25-16-13-12-14-17-25)27(30)19-20-31-29(33)35-22-21-34-28(32)24(2)3/h12-14,16-17,24,26-27H,4-11,15,18-23,30H2,1-3H3,(H,31,33). The monoisotopic (exact) mass is 490 g/mol. The number of carbonyl (C=O) groups is 2. The van der Waals surface area contributed by atoms with E-state index in [4.69, 9.17) is 15.2 Å². The smallest absolute Gasteiger partial charge is 0.407 e. The van der Waals surface area contributed by atoms with Gasteiger partial charge in [0.2, 0.25) is 0 Å². The molecule has 2 unspecified atom stereocenters. The van der Waals surface area contributed by atoms with Gasteiger partial charge >= 0.3 is 12.1 Å². The molecule has 1 aromatic rings. The number of ether oxygens (including phenoxy) is 2. The van der Waals surface area contributed by atoms with Crippen LogP contribution < -0.4 is 11.1 Å². The van der Waals surface area contributed by atoms with Crippen molar-refractivity contribution in [3.05, 3.63) is 35.9 Å². The molecule has 35 heavy (non-hydrogen) atoms. The van der Waals surface area contributed by atoms with Crippen LogP contribution in [-0.4, -0.2) is 37.9 Å². The van der Waals surface area contributed by atoms with Crippen molar-refractivity contribution in [2.24, 2.45) is 17.6 Å². The lowest BCUT2D eigenvalue weighted by Crippen LogP contribution is -2.36. The average molecular weight is 491 g/mol. The van der Waals surface area contributed by atoms with Gasteiger partial charge in [-0.05, 0) is 30.7 Å². The molecule has 6 heteroatoms. The Balaban J connectivity index is 2.32. The molecule has 0 saturated heterocycles. The molecule has 0 bridgehead atoms. The predicted molar refractivity (Wildman–Crippen MR) is 143 cm³/mol. The Morgan fingerprint density at radius 2 is 1.46 bits per heavy atom.